The Morgan fingerprint density at radius 3 is 2.00 bits per heavy atom. The van der Waals surface area contributed by atoms with E-state index in [2.05, 4.69) is 4.72 Å². The molecule has 0 aliphatic carbocycles. The van der Waals surface area contributed by atoms with E-state index in [0.717, 1.165) is 10.5 Å². The van der Waals surface area contributed by atoms with Crippen LogP contribution in [0, 0.1) is 12.8 Å². The van der Waals surface area contributed by atoms with Gasteiger partial charge in [0.15, 0.2) is 0 Å². The number of amides is 2. The number of carbonyl (C=O) groups is 3. The number of hydrogen-bond acceptors (Lipinski definition) is 5. The molecule has 1 N–H and O–H groups in total. The maximum atomic E-state index is 13.3. The molecule has 3 aromatic rings. The Balaban J connectivity index is 1.74. The zero-order chi connectivity index (χ0) is 25.3. The topological polar surface area (TPSA) is 101 Å². The van der Waals surface area contributed by atoms with E-state index < -0.39 is 39.6 Å². The Labute approximate surface area is 208 Å². The minimum absolute atomic E-state index is 0.0168. The van der Waals surface area contributed by atoms with Crippen LogP contribution in [0.5, 0.6) is 0 Å². The van der Waals surface area contributed by atoms with Gasteiger partial charge in [-0.05, 0) is 49.7 Å². The average Bonchev–Trinajstić information content (AvgIpc) is 3.06. The molecule has 7 nitrogen and oxygen atoms in total. The van der Waals surface area contributed by atoms with Crippen molar-refractivity contribution in [3.05, 3.63) is 100 Å². The van der Waals surface area contributed by atoms with Crippen molar-refractivity contribution in [1.29, 1.82) is 0 Å². The fourth-order valence-electron chi connectivity index (χ4n) is 4.11. The second-order valence-corrected chi connectivity index (χ2v) is 10.5. The Hall–Kier alpha value is -3.33. The SMILES string of the molecule is CC(=O)[C@@H](CN1C(=O)c2ccccc2C1=O)[C@H](NS(=O)(=O)c1ccc(C)cc1)c1ccccc1Cl. The molecule has 0 bridgehead atoms. The van der Waals surface area contributed by atoms with Crippen molar-refractivity contribution >= 4 is 39.2 Å². The van der Waals surface area contributed by atoms with Crippen LogP contribution < -0.4 is 4.72 Å². The third-order valence-electron chi connectivity index (χ3n) is 6.04. The summed E-state index contributed by atoms with van der Waals surface area (Å²) in [4.78, 5) is 39.8. The number of ketones is 1. The normalized spacial score (nSPS) is 15.1. The van der Waals surface area contributed by atoms with Gasteiger partial charge in [-0.3, -0.25) is 19.3 Å². The Kier molecular flexibility index (Phi) is 6.89. The Morgan fingerprint density at radius 1 is 0.914 bits per heavy atom. The number of fused-ring (bicyclic) bond motifs is 1. The van der Waals surface area contributed by atoms with Gasteiger partial charge in [0.05, 0.1) is 28.0 Å². The van der Waals surface area contributed by atoms with Gasteiger partial charge >= 0.3 is 0 Å². The number of imide groups is 1. The zero-order valence-electron chi connectivity index (χ0n) is 19.1. The molecule has 2 amide bonds. The summed E-state index contributed by atoms with van der Waals surface area (Å²) in [5.41, 5.74) is 1.74. The van der Waals surface area contributed by atoms with Crippen LogP contribution in [0.1, 0.15) is 44.8 Å². The lowest BCUT2D eigenvalue weighted by molar-refractivity contribution is -0.121. The van der Waals surface area contributed by atoms with Crippen LogP contribution in [-0.2, 0) is 14.8 Å². The van der Waals surface area contributed by atoms with Crippen LogP contribution in [0.4, 0.5) is 0 Å². The minimum Gasteiger partial charge on any atom is -0.300 e. The number of nitrogens with zero attached hydrogens (tertiary/aromatic N) is 1. The summed E-state index contributed by atoms with van der Waals surface area (Å²) in [5.74, 6) is -2.55. The molecule has 1 aliphatic rings. The molecule has 35 heavy (non-hydrogen) atoms. The van der Waals surface area contributed by atoms with Gasteiger partial charge in [-0.1, -0.05) is 59.6 Å². The van der Waals surface area contributed by atoms with Gasteiger partial charge in [-0.25, -0.2) is 13.1 Å². The lowest BCUT2D eigenvalue weighted by Gasteiger charge is -2.30. The van der Waals surface area contributed by atoms with E-state index in [0.29, 0.717) is 5.56 Å². The summed E-state index contributed by atoms with van der Waals surface area (Å²) in [6, 6.07) is 18.1. The fourth-order valence-corrected chi connectivity index (χ4v) is 5.62. The maximum Gasteiger partial charge on any atom is 0.261 e. The van der Waals surface area contributed by atoms with E-state index >= 15 is 0 Å². The monoisotopic (exact) mass is 510 g/mol. The summed E-state index contributed by atoms with van der Waals surface area (Å²) in [5, 5.41) is 0.248. The van der Waals surface area contributed by atoms with Crippen molar-refractivity contribution in [3.63, 3.8) is 0 Å². The van der Waals surface area contributed by atoms with Gasteiger partial charge < -0.3 is 0 Å². The number of nitrogens with one attached hydrogen (secondary N) is 1. The smallest absolute Gasteiger partial charge is 0.261 e. The molecular formula is C26H23ClN2O5S. The minimum atomic E-state index is -4.08. The van der Waals surface area contributed by atoms with E-state index in [1.165, 1.54) is 19.1 Å². The number of benzene rings is 3. The van der Waals surface area contributed by atoms with Crippen molar-refractivity contribution in [2.45, 2.75) is 24.8 Å². The highest BCUT2D eigenvalue weighted by Crippen LogP contribution is 2.33. The largest absolute Gasteiger partial charge is 0.300 e. The molecular weight excluding hydrogens is 488 g/mol. The molecule has 0 aromatic heterocycles. The number of halogens is 1. The van der Waals surface area contributed by atoms with E-state index in [-0.39, 0.29) is 27.6 Å². The molecule has 4 rings (SSSR count). The van der Waals surface area contributed by atoms with E-state index in [1.807, 2.05) is 6.92 Å². The highest BCUT2D eigenvalue weighted by Gasteiger charge is 2.41. The average molecular weight is 511 g/mol. The molecule has 180 valence electrons. The molecule has 0 saturated heterocycles. The number of rotatable bonds is 8. The summed E-state index contributed by atoms with van der Waals surface area (Å²) < 4.78 is 29.2. The Morgan fingerprint density at radius 2 is 1.46 bits per heavy atom. The number of carbonyl (C=O) groups excluding carboxylic acids is 3. The molecule has 0 spiro atoms. The van der Waals surface area contributed by atoms with Crippen molar-refractivity contribution in [2.75, 3.05) is 6.54 Å². The quantitative estimate of drug-likeness (QED) is 0.458. The van der Waals surface area contributed by atoms with Crippen molar-refractivity contribution in [1.82, 2.24) is 9.62 Å². The van der Waals surface area contributed by atoms with Crippen LogP contribution >= 0.6 is 11.6 Å². The van der Waals surface area contributed by atoms with Gasteiger partial charge in [0.25, 0.3) is 11.8 Å². The second-order valence-electron chi connectivity index (χ2n) is 8.42. The number of hydrogen-bond donors (Lipinski definition) is 1. The number of sulfonamides is 1. The molecule has 0 radical (unpaired) electrons. The van der Waals surface area contributed by atoms with Crippen LogP contribution in [0.25, 0.3) is 0 Å². The lowest BCUT2D eigenvalue weighted by atomic mass is 9.90. The molecule has 0 unspecified atom stereocenters. The first-order chi connectivity index (χ1) is 16.6. The first-order valence-corrected chi connectivity index (χ1v) is 12.8. The van der Waals surface area contributed by atoms with Crippen LogP contribution in [-0.4, -0.2) is 37.5 Å². The van der Waals surface area contributed by atoms with Gasteiger partial charge in [-0.2, -0.15) is 0 Å². The molecule has 0 fully saturated rings. The number of Topliss-reactive ketones (excluding diaryl/α,β-unsaturated/α-hetero) is 1. The van der Waals surface area contributed by atoms with Crippen LogP contribution in [0.2, 0.25) is 5.02 Å². The lowest BCUT2D eigenvalue weighted by Crippen LogP contribution is -2.44. The molecule has 3 aromatic carbocycles. The summed E-state index contributed by atoms with van der Waals surface area (Å²) >= 11 is 6.42. The highest BCUT2D eigenvalue weighted by molar-refractivity contribution is 7.89. The summed E-state index contributed by atoms with van der Waals surface area (Å²) in [7, 11) is -4.08. The molecule has 9 heteroatoms. The third kappa shape index (κ3) is 4.91. The third-order valence-corrected chi connectivity index (χ3v) is 7.84. The zero-order valence-corrected chi connectivity index (χ0v) is 20.6. The van der Waals surface area contributed by atoms with Crippen LogP contribution in [0.15, 0.2) is 77.7 Å². The first kappa shape index (κ1) is 24.8. The predicted molar refractivity (Wildman–Crippen MR) is 132 cm³/mol. The van der Waals surface area contributed by atoms with E-state index in [1.54, 1.807) is 60.7 Å². The number of aryl methyl sites for hydroxylation is 1. The van der Waals surface area contributed by atoms with Crippen molar-refractivity contribution < 1.29 is 22.8 Å². The maximum absolute atomic E-state index is 13.3. The molecule has 2 atom stereocenters. The van der Waals surface area contributed by atoms with Gasteiger partial charge in [0.1, 0.15) is 5.78 Å². The Bertz CT molecular complexity index is 1380. The van der Waals surface area contributed by atoms with Gasteiger partial charge in [-0.15, -0.1) is 0 Å². The summed E-state index contributed by atoms with van der Waals surface area (Å²) in [6.07, 6.45) is 0. The standard InChI is InChI=1S/C26H23ClN2O5S/c1-16-11-13-18(14-12-16)35(33,34)28-24(21-9-5-6-10-23(21)27)22(17(2)30)15-29-25(31)19-7-3-4-8-20(19)26(29)32/h3-14,22,24,28H,15H2,1-2H3/t22-,24-/m1/s1. The second kappa shape index (κ2) is 9.73. The highest BCUT2D eigenvalue weighted by atomic mass is 35.5. The van der Waals surface area contributed by atoms with E-state index in [4.69, 9.17) is 11.6 Å². The van der Waals surface area contributed by atoms with Gasteiger partial charge in [0.2, 0.25) is 10.0 Å². The molecule has 0 saturated carbocycles. The predicted octanol–water partition coefficient (Wildman–Crippen LogP) is 4.17. The summed E-state index contributed by atoms with van der Waals surface area (Å²) in [6.45, 7) is 2.82. The van der Waals surface area contributed by atoms with Crippen molar-refractivity contribution in [3.8, 4) is 0 Å². The van der Waals surface area contributed by atoms with Crippen molar-refractivity contribution in [2.24, 2.45) is 5.92 Å². The first-order valence-electron chi connectivity index (χ1n) is 10.9. The molecule has 1 heterocycles. The van der Waals surface area contributed by atoms with E-state index in [9.17, 15) is 22.8 Å². The van der Waals surface area contributed by atoms with Crippen LogP contribution in [0.3, 0.4) is 0 Å². The molecule has 1 aliphatic heterocycles. The fraction of sp³-hybridized carbons (Fsp3) is 0.192. The van der Waals surface area contributed by atoms with Gasteiger partial charge in [0, 0.05) is 11.6 Å².